The Labute approximate surface area is 179 Å². The number of likely N-dealkylation sites (N-methyl/N-ethyl adjacent to an activating group) is 1. The molecule has 0 N–H and O–H groups in total. The quantitative estimate of drug-likeness (QED) is 0.467. The number of benzene rings is 3. The Morgan fingerprint density at radius 1 is 0.871 bits per heavy atom. The number of carbonyl (C=O) groups excluding carboxylic acids is 1. The zero-order chi connectivity index (χ0) is 21.5. The van der Waals surface area contributed by atoms with Crippen molar-refractivity contribution in [3.63, 3.8) is 0 Å². The molecule has 1 amide bonds. The van der Waals surface area contributed by atoms with Gasteiger partial charge in [0.2, 0.25) is 0 Å². The summed E-state index contributed by atoms with van der Waals surface area (Å²) in [6.45, 7) is 4.49. The summed E-state index contributed by atoms with van der Waals surface area (Å²) in [6.07, 6.45) is 1.75. The lowest BCUT2D eigenvalue weighted by Gasteiger charge is -2.14. The number of aromatic nitrogens is 2. The number of hydrogen-bond donors (Lipinski definition) is 0. The average Bonchev–Trinajstić information content (AvgIpc) is 3.06. The highest BCUT2D eigenvalue weighted by molar-refractivity contribution is 6.35. The third-order valence-electron chi connectivity index (χ3n) is 5.71. The van der Waals surface area contributed by atoms with E-state index in [0.717, 1.165) is 22.5 Å². The van der Waals surface area contributed by atoms with Crippen molar-refractivity contribution in [3.05, 3.63) is 100 Å². The Kier molecular flexibility index (Phi) is 4.51. The molecule has 3 aromatic carbocycles. The van der Waals surface area contributed by atoms with Gasteiger partial charge in [-0.15, -0.1) is 0 Å². The minimum atomic E-state index is -0.155. The molecule has 0 saturated heterocycles. The molecular formula is C26H21N3O2. The van der Waals surface area contributed by atoms with Gasteiger partial charge >= 0.3 is 0 Å². The lowest BCUT2D eigenvalue weighted by molar-refractivity contribution is -0.112. The fraction of sp³-hybridized carbons (Fsp3) is 0.115. The van der Waals surface area contributed by atoms with Crippen molar-refractivity contribution >= 4 is 34.1 Å². The molecule has 0 spiro atoms. The van der Waals surface area contributed by atoms with E-state index >= 15 is 0 Å². The second kappa shape index (κ2) is 7.36. The molecule has 5 heteroatoms. The summed E-state index contributed by atoms with van der Waals surface area (Å²) >= 11 is 0. The number of aryl methyl sites for hydroxylation is 1. The number of para-hydroxylation sites is 3. The van der Waals surface area contributed by atoms with Crippen LogP contribution in [0.1, 0.15) is 23.9 Å². The minimum absolute atomic E-state index is 0.0811. The van der Waals surface area contributed by atoms with Gasteiger partial charge in [0.05, 0.1) is 27.9 Å². The third-order valence-corrected chi connectivity index (χ3v) is 5.71. The van der Waals surface area contributed by atoms with E-state index in [1.165, 1.54) is 0 Å². The van der Waals surface area contributed by atoms with Crippen molar-refractivity contribution in [2.75, 3.05) is 11.4 Å². The zero-order valence-corrected chi connectivity index (χ0v) is 17.4. The van der Waals surface area contributed by atoms with Gasteiger partial charge in [0, 0.05) is 12.1 Å². The number of anilines is 1. The Morgan fingerprint density at radius 3 is 2.32 bits per heavy atom. The van der Waals surface area contributed by atoms with Gasteiger partial charge in [-0.3, -0.25) is 14.2 Å². The number of fused-ring (bicyclic) bond motifs is 2. The van der Waals surface area contributed by atoms with Crippen molar-refractivity contribution in [2.45, 2.75) is 13.8 Å². The van der Waals surface area contributed by atoms with Crippen LogP contribution in [0.2, 0.25) is 0 Å². The molecule has 0 fully saturated rings. The maximum Gasteiger partial charge on any atom is 0.266 e. The fourth-order valence-electron chi connectivity index (χ4n) is 4.18. The summed E-state index contributed by atoms with van der Waals surface area (Å²) < 4.78 is 1.61. The average molecular weight is 407 g/mol. The molecule has 0 unspecified atom stereocenters. The Balaban J connectivity index is 1.84. The van der Waals surface area contributed by atoms with Gasteiger partial charge in [-0.25, -0.2) is 4.98 Å². The van der Waals surface area contributed by atoms with E-state index in [1.54, 1.807) is 21.6 Å². The Bertz CT molecular complexity index is 1430. The summed E-state index contributed by atoms with van der Waals surface area (Å²) in [5.74, 6) is 0.358. The zero-order valence-electron chi connectivity index (χ0n) is 17.4. The molecule has 31 heavy (non-hydrogen) atoms. The summed E-state index contributed by atoms with van der Waals surface area (Å²) in [7, 11) is 0. The van der Waals surface area contributed by atoms with Crippen LogP contribution in [0.4, 0.5) is 5.69 Å². The molecule has 0 aliphatic carbocycles. The Morgan fingerprint density at radius 2 is 1.55 bits per heavy atom. The minimum Gasteiger partial charge on any atom is -0.308 e. The smallest absolute Gasteiger partial charge is 0.266 e. The van der Waals surface area contributed by atoms with Crippen LogP contribution < -0.4 is 10.5 Å². The molecule has 1 aromatic heterocycles. The van der Waals surface area contributed by atoms with Gasteiger partial charge in [0.15, 0.2) is 0 Å². The highest BCUT2D eigenvalue weighted by Crippen LogP contribution is 2.37. The van der Waals surface area contributed by atoms with Gasteiger partial charge < -0.3 is 4.90 Å². The van der Waals surface area contributed by atoms with E-state index in [-0.39, 0.29) is 11.5 Å². The van der Waals surface area contributed by atoms with Gasteiger partial charge in [0.1, 0.15) is 5.82 Å². The van der Waals surface area contributed by atoms with E-state index in [0.29, 0.717) is 28.8 Å². The van der Waals surface area contributed by atoms with Crippen molar-refractivity contribution in [2.24, 2.45) is 0 Å². The lowest BCUT2D eigenvalue weighted by Crippen LogP contribution is -2.26. The van der Waals surface area contributed by atoms with Gasteiger partial charge in [-0.1, -0.05) is 48.5 Å². The van der Waals surface area contributed by atoms with E-state index < -0.39 is 0 Å². The normalized spacial score (nSPS) is 14.5. The monoisotopic (exact) mass is 407 g/mol. The maximum atomic E-state index is 13.5. The highest BCUT2D eigenvalue weighted by atomic mass is 16.2. The first-order chi connectivity index (χ1) is 15.1. The summed E-state index contributed by atoms with van der Waals surface area (Å²) in [4.78, 5) is 33.3. The SMILES string of the molecule is CCN1C(=O)/C(=C/c2nc3ccccc3c(=O)n2-c2ccccc2C)c2ccccc21. The first-order valence-electron chi connectivity index (χ1n) is 10.3. The van der Waals surface area contributed by atoms with Crippen molar-refractivity contribution in [1.29, 1.82) is 0 Å². The van der Waals surface area contributed by atoms with Crippen LogP contribution in [-0.4, -0.2) is 22.0 Å². The van der Waals surface area contributed by atoms with Crippen LogP contribution in [-0.2, 0) is 4.79 Å². The molecule has 5 nitrogen and oxygen atoms in total. The van der Waals surface area contributed by atoms with Crippen molar-refractivity contribution in [3.8, 4) is 5.69 Å². The molecule has 4 aromatic rings. The first kappa shape index (κ1) is 19.0. The van der Waals surface area contributed by atoms with Gasteiger partial charge in [-0.05, 0) is 49.8 Å². The molecule has 2 heterocycles. The molecule has 0 radical (unpaired) electrons. The van der Waals surface area contributed by atoms with Crippen LogP contribution in [0.15, 0.2) is 77.6 Å². The molecule has 1 aliphatic rings. The number of rotatable bonds is 3. The predicted octanol–water partition coefficient (Wildman–Crippen LogP) is 4.60. The van der Waals surface area contributed by atoms with Gasteiger partial charge in [-0.2, -0.15) is 0 Å². The fourth-order valence-corrected chi connectivity index (χ4v) is 4.18. The summed E-state index contributed by atoms with van der Waals surface area (Å²) in [6, 6.07) is 22.7. The largest absolute Gasteiger partial charge is 0.308 e. The van der Waals surface area contributed by atoms with Crippen LogP contribution >= 0.6 is 0 Å². The summed E-state index contributed by atoms with van der Waals surface area (Å²) in [5, 5.41) is 0.543. The lowest BCUT2D eigenvalue weighted by atomic mass is 10.1. The molecule has 0 saturated carbocycles. The van der Waals surface area contributed by atoms with Crippen LogP contribution in [0.25, 0.3) is 28.2 Å². The van der Waals surface area contributed by atoms with E-state index in [9.17, 15) is 9.59 Å². The van der Waals surface area contributed by atoms with Gasteiger partial charge in [0.25, 0.3) is 11.5 Å². The van der Waals surface area contributed by atoms with E-state index in [2.05, 4.69) is 0 Å². The molecule has 5 rings (SSSR count). The topological polar surface area (TPSA) is 55.2 Å². The first-order valence-corrected chi connectivity index (χ1v) is 10.3. The molecular weight excluding hydrogens is 386 g/mol. The van der Waals surface area contributed by atoms with Crippen molar-refractivity contribution < 1.29 is 4.79 Å². The number of carbonyl (C=O) groups is 1. The standard InChI is InChI=1S/C26H21N3O2/c1-3-28-23-15-9-6-11-18(23)20(25(28)30)16-24-27-21-13-7-5-12-19(21)26(31)29(24)22-14-8-4-10-17(22)2/h4-16H,3H2,1-2H3/b20-16+. The van der Waals surface area contributed by atoms with Crippen LogP contribution in [0.3, 0.4) is 0 Å². The third kappa shape index (κ3) is 2.97. The Hall–Kier alpha value is -3.99. The molecule has 0 atom stereocenters. The predicted molar refractivity (Wildman–Crippen MR) is 124 cm³/mol. The highest BCUT2D eigenvalue weighted by Gasteiger charge is 2.31. The second-order valence-corrected chi connectivity index (χ2v) is 7.54. The number of hydrogen-bond acceptors (Lipinski definition) is 3. The van der Waals surface area contributed by atoms with Crippen LogP contribution in [0, 0.1) is 6.92 Å². The number of nitrogens with zero attached hydrogens (tertiary/aromatic N) is 3. The molecule has 0 bridgehead atoms. The molecule has 1 aliphatic heterocycles. The molecule has 152 valence electrons. The van der Waals surface area contributed by atoms with E-state index in [1.807, 2.05) is 80.6 Å². The second-order valence-electron chi connectivity index (χ2n) is 7.54. The number of amides is 1. The maximum absolute atomic E-state index is 13.5. The van der Waals surface area contributed by atoms with Crippen molar-refractivity contribution in [1.82, 2.24) is 9.55 Å². The summed E-state index contributed by atoms with van der Waals surface area (Å²) in [5.41, 5.74) is 4.44. The van der Waals surface area contributed by atoms with E-state index in [4.69, 9.17) is 4.98 Å². The van der Waals surface area contributed by atoms with Crippen LogP contribution in [0.5, 0.6) is 0 Å².